The third-order valence-electron chi connectivity index (χ3n) is 3.16. The third-order valence-corrected chi connectivity index (χ3v) is 5.16. The van der Waals surface area contributed by atoms with Crippen molar-refractivity contribution in [1.82, 2.24) is 0 Å². The van der Waals surface area contributed by atoms with E-state index < -0.39 is 7.30 Å². The molecule has 0 N–H and O–H groups in total. The Kier molecular flexibility index (Phi) is 6.29. The van der Waals surface area contributed by atoms with Crippen LogP contribution in [0.1, 0.15) is 25.0 Å². The van der Waals surface area contributed by atoms with Crippen LogP contribution in [0.15, 0.2) is 48.5 Å². The molecule has 0 unspecified atom stereocenters. The highest BCUT2D eigenvalue weighted by Crippen LogP contribution is 2.66. The Bertz CT molecular complexity index is 598. The normalized spacial score (nSPS) is 11.6. The summed E-state index contributed by atoms with van der Waals surface area (Å²) in [6.45, 7) is 8.51. The molecule has 3 nitrogen and oxygen atoms in total. The summed E-state index contributed by atoms with van der Waals surface area (Å²) in [5.41, 5.74) is 1.97. The van der Waals surface area contributed by atoms with Gasteiger partial charge in [0.25, 0.3) is 0 Å². The Morgan fingerprint density at radius 3 is 1.70 bits per heavy atom. The van der Waals surface area contributed by atoms with Gasteiger partial charge in [0, 0.05) is 0 Å². The molecule has 0 aliphatic heterocycles. The number of para-hydroxylation sites is 2. The minimum atomic E-state index is -3.05. The molecule has 0 aliphatic rings. The standard InChI is InChI=1S/C18H23ClO3P/c1-14(2)13-20-23(19,21-17-11-7-5-9-15(17)3)22-18-12-8-6-10-16(18)4/h5-12,14H,13H2,1-4H3/q+1. The zero-order valence-corrected chi connectivity index (χ0v) is 15.6. The molecule has 2 rings (SSSR count). The Hall–Kier alpha value is -1.28. The van der Waals surface area contributed by atoms with Gasteiger partial charge in [0.15, 0.2) is 11.5 Å². The first kappa shape index (κ1) is 18.1. The van der Waals surface area contributed by atoms with E-state index >= 15 is 0 Å². The molecule has 0 radical (unpaired) electrons. The summed E-state index contributed by atoms with van der Waals surface area (Å²) in [5, 5.41) is 0. The second kappa shape index (κ2) is 8.01. The van der Waals surface area contributed by atoms with Crippen LogP contribution in [0.4, 0.5) is 0 Å². The molecule has 2 aromatic carbocycles. The highest BCUT2D eigenvalue weighted by atomic mass is 35.7. The Morgan fingerprint density at radius 2 is 1.30 bits per heavy atom. The Labute approximate surface area is 143 Å². The average molecular weight is 354 g/mol. The monoisotopic (exact) mass is 353 g/mol. The maximum atomic E-state index is 6.64. The fraction of sp³-hybridized carbons (Fsp3) is 0.333. The van der Waals surface area contributed by atoms with Gasteiger partial charge >= 0.3 is 7.30 Å². The molecule has 23 heavy (non-hydrogen) atoms. The van der Waals surface area contributed by atoms with E-state index in [1.165, 1.54) is 0 Å². The van der Waals surface area contributed by atoms with E-state index in [2.05, 4.69) is 13.8 Å². The number of halogens is 1. The molecular formula is C18H23ClO3P+. The van der Waals surface area contributed by atoms with Gasteiger partial charge in [-0.2, -0.15) is 0 Å². The van der Waals surface area contributed by atoms with Crippen LogP contribution in [0.3, 0.4) is 0 Å². The summed E-state index contributed by atoms with van der Waals surface area (Å²) in [7, 11) is -3.05. The Morgan fingerprint density at radius 1 is 0.870 bits per heavy atom. The topological polar surface area (TPSA) is 27.7 Å². The van der Waals surface area contributed by atoms with Gasteiger partial charge in [0.2, 0.25) is 11.2 Å². The smallest absolute Gasteiger partial charge is 0.264 e. The number of hydrogen-bond acceptors (Lipinski definition) is 3. The SMILES string of the molecule is Cc1ccccc1O[P+](Cl)(OCC(C)C)Oc1ccccc1C. The van der Waals surface area contributed by atoms with Crippen LogP contribution in [0.25, 0.3) is 0 Å². The van der Waals surface area contributed by atoms with Crippen molar-refractivity contribution < 1.29 is 13.6 Å². The lowest BCUT2D eigenvalue weighted by atomic mass is 10.2. The second-order valence-electron chi connectivity index (χ2n) is 5.83. The van der Waals surface area contributed by atoms with Gasteiger partial charge in [0.05, 0.1) is 0 Å². The maximum absolute atomic E-state index is 6.64. The molecule has 0 aromatic heterocycles. The van der Waals surface area contributed by atoms with Crippen LogP contribution >= 0.6 is 18.5 Å². The van der Waals surface area contributed by atoms with Crippen molar-refractivity contribution in [3.05, 3.63) is 59.7 Å². The predicted octanol–water partition coefficient (Wildman–Crippen LogP) is 6.35. The first-order valence-corrected chi connectivity index (χ1v) is 10.1. The fourth-order valence-electron chi connectivity index (χ4n) is 1.86. The molecule has 0 saturated carbocycles. The van der Waals surface area contributed by atoms with Crippen LogP contribution in [0.5, 0.6) is 11.5 Å². The minimum Gasteiger partial charge on any atom is -0.264 e. The molecule has 5 heteroatoms. The molecule has 124 valence electrons. The van der Waals surface area contributed by atoms with Gasteiger partial charge in [-0.05, 0) is 43.0 Å². The highest BCUT2D eigenvalue weighted by molar-refractivity contribution is 7.88. The van der Waals surface area contributed by atoms with E-state index in [-0.39, 0.29) is 0 Å². The zero-order chi connectivity index (χ0) is 16.9. The summed E-state index contributed by atoms with van der Waals surface area (Å²) in [6, 6.07) is 15.4. The predicted molar refractivity (Wildman–Crippen MR) is 97.2 cm³/mol. The van der Waals surface area contributed by atoms with Gasteiger partial charge < -0.3 is 0 Å². The van der Waals surface area contributed by atoms with Gasteiger partial charge in [-0.3, -0.25) is 9.05 Å². The number of rotatable bonds is 7. The van der Waals surface area contributed by atoms with E-state index in [1.807, 2.05) is 62.4 Å². The highest BCUT2D eigenvalue weighted by Gasteiger charge is 2.49. The van der Waals surface area contributed by atoms with E-state index in [0.29, 0.717) is 24.0 Å². The van der Waals surface area contributed by atoms with E-state index in [4.69, 9.17) is 24.8 Å². The summed E-state index contributed by atoms with van der Waals surface area (Å²) < 4.78 is 17.8. The number of benzene rings is 2. The summed E-state index contributed by atoms with van der Waals surface area (Å²) >= 11 is 6.64. The largest absolute Gasteiger partial charge is 0.614 e. The van der Waals surface area contributed by atoms with Gasteiger partial charge in [-0.25, -0.2) is 0 Å². The fourth-order valence-corrected chi connectivity index (χ4v) is 3.98. The van der Waals surface area contributed by atoms with Crippen molar-refractivity contribution in [3.63, 3.8) is 0 Å². The average Bonchev–Trinajstić information content (AvgIpc) is 2.50. The molecule has 0 aliphatic carbocycles. The van der Waals surface area contributed by atoms with Crippen molar-refractivity contribution in [2.24, 2.45) is 5.92 Å². The van der Waals surface area contributed by atoms with Crippen molar-refractivity contribution in [3.8, 4) is 11.5 Å². The van der Waals surface area contributed by atoms with Gasteiger partial charge in [-0.1, -0.05) is 50.2 Å². The molecule has 0 saturated heterocycles. The van der Waals surface area contributed by atoms with Crippen LogP contribution in [-0.2, 0) is 4.52 Å². The minimum absolute atomic E-state index is 0.328. The maximum Gasteiger partial charge on any atom is 0.614 e. The molecule has 0 bridgehead atoms. The molecule has 0 atom stereocenters. The number of aryl methyl sites for hydroxylation is 2. The zero-order valence-electron chi connectivity index (χ0n) is 14.0. The molecule has 0 heterocycles. The van der Waals surface area contributed by atoms with Crippen LogP contribution in [0.2, 0.25) is 0 Å². The van der Waals surface area contributed by atoms with Crippen LogP contribution < -0.4 is 9.05 Å². The van der Waals surface area contributed by atoms with Crippen LogP contribution in [-0.4, -0.2) is 6.61 Å². The van der Waals surface area contributed by atoms with Crippen molar-refractivity contribution in [2.45, 2.75) is 27.7 Å². The summed E-state index contributed by atoms with van der Waals surface area (Å²) in [4.78, 5) is 0. The second-order valence-corrected chi connectivity index (χ2v) is 8.56. The molecule has 2 aromatic rings. The summed E-state index contributed by atoms with van der Waals surface area (Å²) in [5.74, 6) is 1.68. The molecule has 0 spiro atoms. The third kappa shape index (κ3) is 5.39. The lowest BCUT2D eigenvalue weighted by molar-refractivity contribution is 0.227. The van der Waals surface area contributed by atoms with Gasteiger partial charge in [0.1, 0.15) is 6.61 Å². The first-order valence-electron chi connectivity index (χ1n) is 7.63. The molecule has 0 fully saturated rings. The van der Waals surface area contributed by atoms with Crippen molar-refractivity contribution in [2.75, 3.05) is 6.61 Å². The van der Waals surface area contributed by atoms with Crippen molar-refractivity contribution in [1.29, 1.82) is 0 Å². The Balaban J connectivity index is 2.24. The first-order chi connectivity index (χ1) is 10.9. The lowest BCUT2D eigenvalue weighted by Crippen LogP contribution is -2.11. The number of hydrogen-bond donors (Lipinski definition) is 0. The summed E-state index contributed by atoms with van der Waals surface area (Å²) in [6.07, 6.45) is 0. The van der Waals surface area contributed by atoms with Gasteiger partial charge in [-0.15, -0.1) is 4.52 Å². The van der Waals surface area contributed by atoms with E-state index in [0.717, 1.165) is 11.1 Å². The van der Waals surface area contributed by atoms with E-state index in [9.17, 15) is 0 Å². The van der Waals surface area contributed by atoms with Crippen molar-refractivity contribution >= 4 is 18.5 Å². The lowest BCUT2D eigenvalue weighted by Gasteiger charge is -2.18. The van der Waals surface area contributed by atoms with E-state index in [1.54, 1.807) is 0 Å². The molecular weight excluding hydrogens is 331 g/mol. The quantitative estimate of drug-likeness (QED) is 0.543. The van der Waals surface area contributed by atoms with Crippen LogP contribution in [0, 0.1) is 19.8 Å². The molecule has 0 amide bonds.